The van der Waals surface area contributed by atoms with Crippen LogP contribution in [0.4, 0.5) is 0 Å². The predicted octanol–water partition coefficient (Wildman–Crippen LogP) is 30.4. The van der Waals surface area contributed by atoms with Crippen LogP contribution >= 0.6 is 0 Å². The van der Waals surface area contributed by atoms with Crippen molar-refractivity contribution < 1.29 is 13.3 Å². The van der Waals surface area contributed by atoms with Crippen LogP contribution in [0.15, 0.2) is 450 Å². The molecule has 0 aliphatic heterocycles. The third-order valence-electron chi connectivity index (χ3n) is 25.1. The molecular formula is C120H72N12O3. The fraction of sp³-hybridized carbons (Fsp3) is 0. The van der Waals surface area contributed by atoms with Gasteiger partial charge in [0, 0.05) is 106 Å². The molecule has 135 heavy (non-hydrogen) atoms. The molecule has 630 valence electrons. The van der Waals surface area contributed by atoms with Gasteiger partial charge in [0.05, 0.1) is 16.4 Å². The maximum atomic E-state index is 6.33. The smallest absolute Gasteiger partial charge is 0.228 e. The van der Waals surface area contributed by atoms with Gasteiger partial charge in [-0.05, 0) is 131 Å². The SMILES string of the molecule is c1ccc(-c2nc(-c3ccc(-c4cccc5ccccc45)cc3)nc(-c3cccc4oc5cc6ncccc6cc5c34)n2)cc1.c1ccc(-c2nc(-c3ccc(-c4cccc5ccccc45)cc3)nc(-c3cccc4oc5nc6ccccc6cc5c34)n2)cc1.c1ccc(-c2nc(-c3ccc(-c4cccc5ccccc45)cc3)nc(-c3ccnc4oc5cc6ccccc6cc5c34)n2)cc1. The average Bonchev–Trinajstić information content (AvgIpc) is 1.60. The molecule has 27 rings (SSSR count). The number of furan rings is 3. The van der Waals surface area contributed by atoms with Gasteiger partial charge in [0.2, 0.25) is 11.4 Å². The Morgan fingerprint density at radius 2 is 0.467 bits per heavy atom. The summed E-state index contributed by atoms with van der Waals surface area (Å²) in [4.78, 5) is 59.0. The molecule has 27 aromatic rings. The molecule has 0 amide bonds. The number of aromatic nitrogens is 12. The molecule has 0 spiro atoms. The molecule has 0 saturated heterocycles. The van der Waals surface area contributed by atoms with E-state index in [1.54, 1.807) is 12.4 Å². The summed E-state index contributed by atoms with van der Waals surface area (Å²) >= 11 is 0. The van der Waals surface area contributed by atoms with E-state index in [0.29, 0.717) is 63.8 Å². The summed E-state index contributed by atoms with van der Waals surface area (Å²) in [5.74, 6) is 5.41. The van der Waals surface area contributed by atoms with E-state index < -0.39 is 0 Å². The third kappa shape index (κ3) is 14.7. The van der Waals surface area contributed by atoms with Crippen molar-refractivity contribution in [2.75, 3.05) is 0 Å². The highest BCUT2D eigenvalue weighted by Crippen LogP contribution is 2.44. The van der Waals surface area contributed by atoms with E-state index in [2.05, 4.69) is 265 Å². The van der Waals surface area contributed by atoms with Crippen molar-refractivity contribution in [2.45, 2.75) is 0 Å². The molecule has 0 aliphatic carbocycles. The molecule has 0 bridgehead atoms. The molecule has 15 heteroatoms. The van der Waals surface area contributed by atoms with Crippen molar-refractivity contribution in [2.24, 2.45) is 0 Å². The fourth-order valence-corrected chi connectivity index (χ4v) is 18.5. The first-order valence-electron chi connectivity index (χ1n) is 44.7. The number of para-hydroxylation sites is 1. The maximum Gasteiger partial charge on any atom is 0.228 e. The van der Waals surface area contributed by atoms with Gasteiger partial charge in [-0.15, -0.1) is 0 Å². The van der Waals surface area contributed by atoms with Gasteiger partial charge in [-0.2, -0.15) is 0 Å². The highest BCUT2D eigenvalue weighted by molar-refractivity contribution is 6.17. The van der Waals surface area contributed by atoms with Gasteiger partial charge < -0.3 is 13.3 Å². The second kappa shape index (κ2) is 33.5. The van der Waals surface area contributed by atoms with Crippen LogP contribution in [0.5, 0.6) is 0 Å². The highest BCUT2D eigenvalue weighted by atomic mass is 16.3. The maximum absolute atomic E-state index is 6.33. The Kier molecular flexibility index (Phi) is 19.5. The molecule has 18 aromatic carbocycles. The first kappa shape index (κ1) is 78.6. The Morgan fingerprint density at radius 1 is 0.148 bits per heavy atom. The van der Waals surface area contributed by atoms with Gasteiger partial charge in [-0.25, -0.2) is 54.8 Å². The first-order chi connectivity index (χ1) is 66.8. The summed E-state index contributed by atoms with van der Waals surface area (Å²) in [5.41, 5.74) is 21.2. The Labute approximate surface area is 771 Å². The molecule has 0 N–H and O–H groups in total. The zero-order valence-corrected chi connectivity index (χ0v) is 72.2. The van der Waals surface area contributed by atoms with Gasteiger partial charge in [0.1, 0.15) is 22.3 Å². The average molecular weight is 1730 g/mol. The highest BCUT2D eigenvalue weighted by Gasteiger charge is 2.25. The van der Waals surface area contributed by atoms with E-state index in [-0.39, 0.29) is 0 Å². The number of hydrogen-bond acceptors (Lipinski definition) is 15. The van der Waals surface area contributed by atoms with Crippen molar-refractivity contribution in [3.05, 3.63) is 437 Å². The van der Waals surface area contributed by atoms with Gasteiger partial charge >= 0.3 is 0 Å². The third-order valence-corrected chi connectivity index (χ3v) is 25.1. The first-order valence-corrected chi connectivity index (χ1v) is 44.7. The summed E-state index contributed by atoms with van der Waals surface area (Å²) in [5, 5.41) is 17.4. The Balaban J connectivity index is 0.000000108. The van der Waals surface area contributed by atoms with E-state index in [1.807, 2.05) is 170 Å². The van der Waals surface area contributed by atoms with Crippen molar-refractivity contribution in [3.63, 3.8) is 0 Å². The molecule has 0 fully saturated rings. The molecule has 15 nitrogen and oxygen atoms in total. The Morgan fingerprint density at radius 3 is 0.948 bits per heavy atom. The lowest BCUT2D eigenvalue weighted by Crippen LogP contribution is -2.00. The lowest BCUT2D eigenvalue weighted by atomic mass is 9.97. The van der Waals surface area contributed by atoms with E-state index in [9.17, 15) is 0 Å². The van der Waals surface area contributed by atoms with Crippen LogP contribution in [0.1, 0.15) is 0 Å². The van der Waals surface area contributed by atoms with Crippen LogP contribution in [0, 0.1) is 0 Å². The molecule has 0 radical (unpaired) electrons. The lowest BCUT2D eigenvalue weighted by Gasteiger charge is -2.10. The largest absolute Gasteiger partial charge is 0.456 e. The minimum atomic E-state index is 0.556. The quantitative estimate of drug-likeness (QED) is 0.112. The number of benzene rings is 18. The number of hydrogen-bond donors (Lipinski definition) is 0. The van der Waals surface area contributed by atoms with Crippen LogP contribution in [0.2, 0.25) is 0 Å². The second-order valence-electron chi connectivity index (χ2n) is 33.3. The van der Waals surface area contributed by atoms with Gasteiger partial charge in [0.15, 0.2) is 52.4 Å². The molecule has 0 atom stereocenters. The molecule has 9 aromatic heterocycles. The molecule has 9 heterocycles. The second-order valence-corrected chi connectivity index (χ2v) is 33.3. The van der Waals surface area contributed by atoms with E-state index in [4.69, 9.17) is 63.1 Å². The number of rotatable bonds is 12. The van der Waals surface area contributed by atoms with E-state index >= 15 is 0 Å². The fourth-order valence-electron chi connectivity index (χ4n) is 18.5. The Bertz CT molecular complexity index is 8450. The summed E-state index contributed by atoms with van der Waals surface area (Å²) in [6.07, 6.45) is 3.55. The van der Waals surface area contributed by atoms with Crippen molar-refractivity contribution >= 4 is 131 Å². The minimum Gasteiger partial charge on any atom is -0.456 e. The summed E-state index contributed by atoms with van der Waals surface area (Å²) in [7, 11) is 0. The Hall–Kier alpha value is -18.6. The topological polar surface area (TPSA) is 194 Å². The van der Waals surface area contributed by atoms with Gasteiger partial charge in [0.25, 0.3) is 0 Å². The molecular weight excluding hydrogens is 1660 g/mol. The van der Waals surface area contributed by atoms with Crippen LogP contribution < -0.4 is 0 Å². The van der Waals surface area contributed by atoms with Crippen LogP contribution in [-0.2, 0) is 0 Å². The van der Waals surface area contributed by atoms with E-state index in [1.165, 1.54) is 49.0 Å². The summed E-state index contributed by atoms with van der Waals surface area (Å²) in [6.45, 7) is 0. The zero-order valence-electron chi connectivity index (χ0n) is 72.2. The predicted molar refractivity (Wildman–Crippen MR) is 545 cm³/mol. The molecule has 0 saturated carbocycles. The van der Waals surface area contributed by atoms with Crippen molar-refractivity contribution in [1.82, 2.24) is 59.8 Å². The van der Waals surface area contributed by atoms with Crippen molar-refractivity contribution in [3.8, 4) is 136 Å². The van der Waals surface area contributed by atoms with Gasteiger partial charge in [-0.1, -0.05) is 364 Å². The van der Waals surface area contributed by atoms with E-state index in [0.717, 1.165) is 154 Å². The normalized spacial score (nSPS) is 11.6. The monoisotopic (exact) mass is 1730 g/mol. The van der Waals surface area contributed by atoms with Crippen LogP contribution in [0.25, 0.3) is 267 Å². The molecule has 0 unspecified atom stereocenters. The summed E-state index contributed by atoms with van der Waals surface area (Å²) in [6, 6.07) is 145. The number of fused-ring (bicyclic) bond motifs is 15. The van der Waals surface area contributed by atoms with Crippen LogP contribution in [0.3, 0.4) is 0 Å². The van der Waals surface area contributed by atoms with Crippen LogP contribution in [-0.4, -0.2) is 59.8 Å². The molecule has 0 aliphatic rings. The number of nitrogens with zero attached hydrogens (tertiary/aromatic N) is 12. The standard InChI is InChI=1S/3C40H24N4O/c1-2-11-27(12-3-1)37-42-38(28-22-20-26(21-23-28)31-16-8-14-25-10-4-6-15-30(25)31)44-39(43-37)32-17-9-19-35-36(32)33-24-29-13-5-7-18-34(29)41-40(33)45-35;1-2-10-27(11-3-1)38-42-39(28-20-18-26(19-21-28)31-15-6-12-25-9-4-5-14-30(25)31)44-40(43-38)32-16-7-17-35-37(32)33-23-29-13-8-22-41-34(29)24-36(33)45-35;1-2-10-27(11-3-1)37-42-38(28-19-17-26(18-20-28)32-16-8-14-25-9-6-7-15-31(25)32)44-39(43-37)33-21-22-41-40-36(33)34-23-29-12-4-5-13-30(29)24-35(34)45-40/h3*1-24H. The zero-order chi connectivity index (χ0) is 89.2. The minimum absolute atomic E-state index is 0.556. The summed E-state index contributed by atoms with van der Waals surface area (Å²) < 4.78 is 18.8. The van der Waals surface area contributed by atoms with Crippen molar-refractivity contribution in [1.29, 1.82) is 0 Å². The number of pyridine rings is 3. The van der Waals surface area contributed by atoms with Gasteiger partial charge in [-0.3, -0.25) is 4.98 Å². The lowest BCUT2D eigenvalue weighted by molar-refractivity contribution is 0.654.